The largest absolute Gasteiger partial charge is 0.481 e. The van der Waals surface area contributed by atoms with Crippen LogP contribution in [0.15, 0.2) is 24.3 Å². The Morgan fingerprint density at radius 1 is 0.331 bits per heavy atom. The molecule has 0 heterocycles. The van der Waals surface area contributed by atoms with Gasteiger partial charge in [-0.2, -0.15) is 0 Å². The van der Waals surface area contributed by atoms with Gasteiger partial charge in [0.1, 0.15) is 31.3 Å². The summed E-state index contributed by atoms with van der Waals surface area (Å²) >= 11 is 0. The molecule has 0 spiro atoms. The summed E-state index contributed by atoms with van der Waals surface area (Å²) in [5.41, 5.74) is 2.10. The highest BCUT2D eigenvalue weighted by molar-refractivity contribution is 6.88. The van der Waals surface area contributed by atoms with Crippen LogP contribution < -0.4 is 9.47 Å². The number of carbonyl (C=O) groups excluding carboxylic acids is 4. The van der Waals surface area contributed by atoms with E-state index in [0.717, 1.165) is 11.1 Å². The molecule has 0 amide bonds. The van der Waals surface area contributed by atoms with Crippen molar-refractivity contribution in [2.75, 3.05) is 67.1 Å². The predicted molar refractivity (Wildman–Crippen MR) is 557 cm³/mol. The van der Waals surface area contributed by atoms with E-state index in [4.69, 9.17) is 82.9 Å². The zero-order chi connectivity index (χ0) is 91.3. The first-order valence-electron chi connectivity index (χ1n) is 42.7. The zero-order valence-electron chi connectivity index (χ0n) is 77.0. The summed E-state index contributed by atoms with van der Waals surface area (Å²) in [4.78, 5) is 76.4. The lowest BCUT2D eigenvalue weighted by Gasteiger charge is -2.41. The van der Waals surface area contributed by atoms with E-state index < -0.39 is 172 Å². The molecule has 2 aliphatic carbocycles. The summed E-state index contributed by atoms with van der Waals surface area (Å²) in [6.07, 6.45) is 3.68. The number of carboxylic acid groups (broad SMARTS) is 2. The number of carbonyl (C=O) groups is 6. The number of hydrogen-bond donors (Lipinski definition) is 8. The molecule has 0 aromatic heterocycles. The third-order valence-corrected chi connectivity index (χ3v) is 44.0. The van der Waals surface area contributed by atoms with Gasteiger partial charge in [0, 0.05) is 87.1 Å². The van der Waals surface area contributed by atoms with Crippen molar-refractivity contribution in [1.82, 2.24) is 0 Å². The minimum atomic E-state index is -3.26. The Kier molecular flexibility index (Phi) is 84.7. The zero-order valence-corrected chi connectivity index (χ0v) is 83.0. The van der Waals surface area contributed by atoms with Crippen LogP contribution >= 0.6 is 0 Å². The van der Waals surface area contributed by atoms with Crippen LogP contribution in [0.5, 0.6) is 11.5 Å². The third kappa shape index (κ3) is 64.7. The molecule has 0 radical (unpaired) electrons. The quantitative estimate of drug-likeness (QED) is 0.0100. The van der Waals surface area contributed by atoms with Crippen LogP contribution in [-0.4, -0.2) is 232 Å². The highest BCUT2D eigenvalue weighted by Crippen LogP contribution is 2.44. The van der Waals surface area contributed by atoms with Crippen LogP contribution in [0.2, 0.25) is 88.6 Å². The van der Waals surface area contributed by atoms with Crippen LogP contribution in [0.25, 0.3) is 0 Å². The Balaban J connectivity index is -0.000000659. The van der Waals surface area contributed by atoms with Gasteiger partial charge in [-0.05, 0) is 129 Å². The van der Waals surface area contributed by atoms with Gasteiger partial charge < -0.3 is 114 Å². The maximum atomic E-state index is 13.8. The van der Waals surface area contributed by atoms with Crippen molar-refractivity contribution in [2.45, 2.75) is 457 Å². The number of rotatable bonds is 55. The summed E-state index contributed by atoms with van der Waals surface area (Å²) in [6.45, 7) is 41.7. The van der Waals surface area contributed by atoms with Crippen LogP contribution in [0.1, 0.15) is 330 Å². The molecule has 133 heavy (non-hydrogen) atoms. The van der Waals surface area contributed by atoms with Gasteiger partial charge in [-0.25, -0.2) is 4.79 Å². The number of ether oxygens (including phenoxy) is 10. The van der Waals surface area contributed by atoms with Crippen LogP contribution in [0.3, 0.4) is 0 Å². The molecule has 2 aliphatic rings. The van der Waals surface area contributed by atoms with Crippen molar-refractivity contribution < 1.29 is 142 Å². The lowest BCUT2D eigenvalue weighted by atomic mass is 9.78. The molecule has 8 N–H and O–H groups in total. The second-order valence-corrected chi connectivity index (χ2v) is 60.2. The second kappa shape index (κ2) is 73.0. The van der Waals surface area contributed by atoms with E-state index in [1.807, 2.05) is 153 Å². The van der Waals surface area contributed by atoms with Gasteiger partial charge in [0.05, 0.1) is 39.1 Å². The Bertz CT molecular complexity index is 3310. The topological polar surface area (TPSA) is 412 Å². The molecule has 0 aliphatic heterocycles. The lowest BCUT2D eigenvalue weighted by Crippen LogP contribution is -2.57. The van der Waals surface area contributed by atoms with E-state index in [0.29, 0.717) is 64.7 Å². The minimum Gasteiger partial charge on any atom is -0.481 e. The fraction of sp³-hybridized carbons (Fsp3) is 0.814. The third-order valence-electron chi connectivity index (χ3n) is 20.1. The van der Waals surface area contributed by atoms with Gasteiger partial charge in [-0.15, -0.1) is 0 Å². The summed E-state index contributed by atoms with van der Waals surface area (Å²) < 4.78 is 95.8. The molecule has 10 atom stereocenters. The number of hydrogen-bond acceptors (Lipinski definition) is 28. The Morgan fingerprint density at radius 2 is 0.594 bits per heavy atom. The number of esters is 4. The fourth-order valence-corrected chi connectivity index (χ4v) is 37.7. The molecule has 2 aromatic rings. The molecule has 2 aromatic carbocycles. The molecule has 798 valence electrons. The van der Waals surface area contributed by atoms with Crippen molar-refractivity contribution >= 4 is 86.7 Å². The molecule has 2 saturated carbocycles. The van der Waals surface area contributed by atoms with Crippen molar-refractivity contribution in [1.29, 1.82) is 0 Å². The monoisotopic (exact) mass is 2020 g/mol. The van der Waals surface area contributed by atoms with Crippen molar-refractivity contribution in [3.8, 4) is 11.5 Å². The SMILES string of the molecule is C.C.C.C.C.C.C.C.C.C.C.C.C.C1CCC1.C1CCC1.CCC(O)OCC[Si](C)(C)O[Si](C)(CCOC(O)CC(=O)O)O[Si](C)(CCC(O)OCC(=O)Oc1c(C(C)(C)C)cc(CCC(=O)OCCOC(=O)CCc2cc(C(C)(C)C)c(OC(=O)CC(O)OCC[Si](C)(C)O[Si](C)(CCOC(O)CC(=O)O)O[Si](C)(CCOC(O)CC)OC)c(C(C)(C)C)c2)cc1C(C)(C)C)OC. The van der Waals surface area contributed by atoms with Gasteiger partial charge in [-0.1, -0.05) is 269 Å². The van der Waals surface area contributed by atoms with Gasteiger partial charge >= 0.3 is 70.1 Å². The highest BCUT2D eigenvalue weighted by Gasteiger charge is 2.48. The van der Waals surface area contributed by atoms with E-state index >= 15 is 0 Å². The molecule has 0 saturated heterocycles. The molecule has 2 fully saturated rings. The fourth-order valence-electron chi connectivity index (χ4n) is 12.2. The van der Waals surface area contributed by atoms with Crippen molar-refractivity contribution in [3.05, 3.63) is 57.6 Å². The number of carboxylic acids is 2. The normalized spacial score (nSPS) is 15.4. The van der Waals surface area contributed by atoms with Crippen molar-refractivity contribution in [3.63, 3.8) is 0 Å². The molecule has 10 unspecified atom stereocenters. The van der Waals surface area contributed by atoms with E-state index in [1.165, 1.54) is 65.6 Å². The van der Waals surface area contributed by atoms with Gasteiger partial charge in [0.25, 0.3) is 0 Å². The predicted octanol–water partition coefficient (Wildman–Crippen LogP) is 22.3. The number of benzene rings is 2. The van der Waals surface area contributed by atoms with E-state index in [9.17, 15) is 59.4 Å². The van der Waals surface area contributed by atoms with Crippen molar-refractivity contribution in [2.24, 2.45) is 0 Å². The van der Waals surface area contributed by atoms with Crippen LogP contribution in [-0.2, 0) is 126 Å². The lowest BCUT2D eigenvalue weighted by molar-refractivity contribution is -0.154. The molecule has 0 bridgehead atoms. The molecular formula is C97H206O30Si6. The van der Waals surface area contributed by atoms with Crippen LogP contribution in [0.4, 0.5) is 0 Å². The average Bonchev–Trinajstić information content (AvgIpc) is 0.774. The Labute approximate surface area is 817 Å². The number of aliphatic carboxylic acids is 2. The summed E-state index contributed by atoms with van der Waals surface area (Å²) in [5, 5.41) is 80.7. The maximum absolute atomic E-state index is 13.8. The van der Waals surface area contributed by atoms with E-state index in [-0.39, 0.29) is 193 Å². The number of aryl methyl sites for hydroxylation is 2. The van der Waals surface area contributed by atoms with E-state index in [1.54, 1.807) is 20.4 Å². The second-order valence-electron chi connectivity index (χ2n) is 37.0. The summed E-state index contributed by atoms with van der Waals surface area (Å²) in [7, 11) is -15.0. The smallest absolute Gasteiger partial charge is 0.337 e. The summed E-state index contributed by atoms with van der Waals surface area (Å²) in [6, 6.07) is 9.40. The van der Waals surface area contributed by atoms with Gasteiger partial charge in [0.2, 0.25) is 0 Å². The number of aliphatic hydroxyl groups excluding tert-OH is 6. The Hall–Kier alpha value is -4.16. The molecule has 36 heteroatoms. The summed E-state index contributed by atoms with van der Waals surface area (Å²) in [5.74, 6) is -4.34. The first-order chi connectivity index (χ1) is 55.4. The maximum Gasteiger partial charge on any atom is 0.337 e. The minimum absolute atomic E-state index is 0. The molecule has 30 nitrogen and oxygen atoms in total. The van der Waals surface area contributed by atoms with E-state index in [2.05, 4.69) is 0 Å². The van der Waals surface area contributed by atoms with Crippen LogP contribution in [0, 0.1) is 0 Å². The highest BCUT2D eigenvalue weighted by atomic mass is 28.5. The standard InChI is InChI=1S/C76H138O30Si6.2C4H8.13CH4/c1-25-61(81)95-34-40-107(17,18)103-111(23,43-37-98-66(86)49-59(77)78)105-109(21,91-15)39-31-65(85)100-52-70(90)102-72-57(75(9,10)11)47-54(48-58(72)76(12,13)14)28-30-64(84)94-33-32-93-63(83)29-27-53-45-55(73(3,4)5)71(56(46-53)74(6,7)8)101-69(89)51-68(88)97-35-41-108(19,20)104-112(24,44-38-99-67(87)50-60(79)80)106-110(22,92-16)42-36-96-62(82)26-2;2*1-2-4-3-1;;;;;;;;;;;;;/h45-48,61-62,65-68,81-82,85-88H,25-44,49-52H2,1-24H3,(H,77,78)(H,79,80);2*1-4H2;13*1H4. The van der Waals surface area contributed by atoms with Gasteiger partial charge in [0.15, 0.2) is 54.4 Å². The first-order valence-corrected chi connectivity index (χ1v) is 59.0. The Morgan fingerprint density at radius 3 is 0.865 bits per heavy atom. The first kappa shape index (κ1) is 154. The van der Waals surface area contributed by atoms with Gasteiger partial charge in [-0.3, -0.25) is 24.0 Å². The average molecular weight is 2020 g/mol. The number of aliphatic hydroxyl groups is 6. The molecule has 4 rings (SSSR count). The molecular weight excluding hydrogens is 1810 g/mol.